The van der Waals surface area contributed by atoms with Gasteiger partial charge in [-0.2, -0.15) is 0 Å². The SMILES string of the molecule is CC[C@@H](C)C(=O)Nc1ccsc1C(=O)OC. The zero-order valence-corrected chi connectivity index (χ0v) is 10.4. The van der Waals surface area contributed by atoms with Gasteiger partial charge in [0.25, 0.3) is 0 Å². The summed E-state index contributed by atoms with van der Waals surface area (Å²) < 4.78 is 4.62. The maximum atomic E-state index is 11.6. The van der Waals surface area contributed by atoms with Gasteiger partial charge < -0.3 is 10.1 Å². The smallest absolute Gasteiger partial charge is 0.350 e. The lowest BCUT2D eigenvalue weighted by Gasteiger charge is -2.09. The van der Waals surface area contributed by atoms with E-state index in [1.54, 1.807) is 11.4 Å². The Morgan fingerprint density at radius 2 is 2.25 bits per heavy atom. The lowest BCUT2D eigenvalue weighted by atomic mass is 10.1. The molecule has 0 bridgehead atoms. The highest BCUT2D eigenvalue weighted by atomic mass is 32.1. The van der Waals surface area contributed by atoms with Crippen LogP contribution in [0.15, 0.2) is 11.4 Å². The van der Waals surface area contributed by atoms with Crippen LogP contribution in [0.25, 0.3) is 0 Å². The Bertz CT molecular complexity index is 386. The molecule has 1 aromatic rings. The summed E-state index contributed by atoms with van der Waals surface area (Å²) in [5.74, 6) is -0.564. The number of ether oxygens (including phenoxy) is 1. The van der Waals surface area contributed by atoms with Crippen molar-refractivity contribution in [3.63, 3.8) is 0 Å². The van der Waals surface area contributed by atoms with Crippen LogP contribution in [0.4, 0.5) is 5.69 Å². The van der Waals surface area contributed by atoms with Crippen LogP contribution in [0, 0.1) is 5.92 Å². The molecule has 4 nitrogen and oxygen atoms in total. The van der Waals surface area contributed by atoms with Crippen molar-refractivity contribution in [3.8, 4) is 0 Å². The van der Waals surface area contributed by atoms with Crippen LogP contribution in [-0.2, 0) is 9.53 Å². The number of carbonyl (C=O) groups excluding carboxylic acids is 2. The number of hydrogen-bond donors (Lipinski definition) is 1. The van der Waals surface area contributed by atoms with Crippen LogP contribution >= 0.6 is 11.3 Å². The molecule has 0 aromatic carbocycles. The third kappa shape index (κ3) is 2.82. The standard InChI is InChI=1S/C11H15NO3S/c1-4-7(2)10(13)12-8-5-6-16-9(8)11(14)15-3/h5-7H,4H2,1-3H3,(H,12,13)/t7-/m1/s1. The molecule has 16 heavy (non-hydrogen) atoms. The molecule has 0 unspecified atom stereocenters. The van der Waals surface area contributed by atoms with Crippen molar-refractivity contribution in [2.75, 3.05) is 12.4 Å². The number of methoxy groups -OCH3 is 1. The van der Waals surface area contributed by atoms with Gasteiger partial charge in [-0.3, -0.25) is 4.79 Å². The molecule has 5 heteroatoms. The van der Waals surface area contributed by atoms with Gasteiger partial charge in [0.2, 0.25) is 5.91 Å². The van der Waals surface area contributed by atoms with Crippen molar-refractivity contribution >= 4 is 28.9 Å². The maximum Gasteiger partial charge on any atom is 0.350 e. The number of thiophene rings is 1. The second-order valence-electron chi connectivity index (χ2n) is 3.45. The summed E-state index contributed by atoms with van der Waals surface area (Å²) in [6.45, 7) is 3.79. The molecule has 0 aliphatic rings. The number of hydrogen-bond acceptors (Lipinski definition) is 4. The van der Waals surface area contributed by atoms with E-state index in [-0.39, 0.29) is 11.8 Å². The van der Waals surface area contributed by atoms with Gasteiger partial charge in [-0.05, 0) is 17.9 Å². The minimum Gasteiger partial charge on any atom is -0.465 e. The first-order valence-electron chi connectivity index (χ1n) is 5.06. The summed E-state index contributed by atoms with van der Waals surface area (Å²) in [5.41, 5.74) is 0.530. The molecular weight excluding hydrogens is 226 g/mol. The van der Waals surface area contributed by atoms with E-state index in [2.05, 4.69) is 10.1 Å². The van der Waals surface area contributed by atoms with Crippen molar-refractivity contribution in [2.24, 2.45) is 5.92 Å². The fourth-order valence-electron chi connectivity index (χ4n) is 1.10. The van der Waals surface area contributed by atoms with Crippen LogP contribution in [-0.4, -0.2) is 19.0 Å². The molecule has 1 rings (SSSR count). The highest BCUT2D eigenvalue weighted by Gasteiger charge is 2.17. The van der Waals surface area contributed by atoms with Gasteiger partial charge in [0, 0.05) is 5.92 Å². The van der Waals surface area contributed by atoms with E-state index in [4.69, 9.17) is 0 Å². The van der Waals surface area contributed by atoms with E-state index in [0.29, 0.717) is 10.6 Å². The van der Waals surface area contributed by atoms with E-state index < -0.39 is 5.97 Å². The van der Waals surface area contributed by atoms with Gasteiger partial charge in [0.1, 0.15) is 4.88 Å². The summed E-state index contributed by atoms with van der Waals surface area (Å²) in [4.78, 5) is 23.4. The van der Waals surface area contributed by atoms with Crippen molar-refractivity contribution in [1.82, 2.24) is 0 Å². The average molecular weight is 241 g/mol. The highest BCUT2D eigenvalue weighted by Crippen LogP contribution is 2.23. The average Bonchev–Trinajstić information content (AvgIpc) is 2.74. The summed E-state index contributed by atoms with van der Waals surface area (Å²) in [6, 6.07) is 1.71. The van der Waals surface area contributed by atoms with E-state index in [1.165, 1.54) is 18.4 Å². The molecule has 0 fully saturated rings. The van der Waals surface area contributed by atoms with Crippen molar-refractivity contribution in [2.45, 2.75) is 20.3 Å². The van der Waals surface area contributed by atoms with Crippen LogP contribution < -0.4 is 5.32 Å². The first kappa shape index (κ1) is 12.7. The zero-order chi connectivity index (χ0) is 12.1. The normalized spacial score (nSPS) is 11.9. The molecule has 1 aromatic heterocycles. The second-order valence-corrected chi connectivity index (χ2v) is 4.37. The summed E-state index contributed by atoms with van der Waals surface area (Å²) in [5, 5.41) is 4.48. The Morgan fingerprint density at radius 3 is 2.81 bits per heavy atom. The Morgan fingerprint density at radius 1 is 1.56 bits per heavy atom. The molecule has 0 radical (unpaired) electrons. The second kappa shape index (κ2) is 5.65. The monoisotopic (exact) mass is 241 g/mol. The molecule has 0 aliphatic carbocycles. The number of anilines is 1. The van der Waals surface area contributed by atoms with E-state index in [9.17, 15) is 9.59 Å². The van der Waals surface area contributed by atoms with Gasteiger partial charge in [-0.15, -0.1) is 11.3 Å². The summed E-state index contributed by atoms with van der Waals surface area (Å²) >= 11 is 1.25. The van der Waals surface area contributed by atoms with Gasteiger partial charge in [-0.25, -0.2) is 4.79 Å². The Hall–Kier alpha value is -1.36. The van der Waals surface area contributed by atoms with Crippen LogP contribution in [0.2, 0.25) is 0 Å². The fraction of sp³-hybridized carbons (Fsp3) is 0.455. The first-order valence-corrected chi connectivity index (χ1v) is 5.94. The topological polar surface area (TPSA) is 55.4 Å². The van der Waals surface area contributed by atoms with Crippen LogP contribution in [0.1, 0.15) is 29.9 Å². The van der Waals surface area contributed by atoms with Crippen LogP contribution in [0.3, 0.4) is 0 Å². The Kier molecular flexibility index (Phi) is 4.49. The predicted octanol–water partition coefficient (Wildman–Crippen LogP) is 2.52. The van der Waals surface area contributed by atoms with Crippen LogP contribution in [0.5, 0.6) is 0 Å². The van der Waals surface area contributed by atoms with Gasteiger partial charge in [-0.1, -0.05) is 13.8 Å². The summed E-state index contributed by atoms with van der Waals surface area (Å²) in [6.07, 6.45) is 0.767. The number of carbonyl (C=O) groups is 2. The molecule has 1 N–H and O–H groups in total. The van der Waals surface area contributed by atoms with E-state index >= 15 is 0 Å². The lowest BCUT2D eigenvalue weighted by Crippen LogP contribution is -2.20. The molecule has 1 atom stereocenters. The van der Waals surface area contributed by atoms with Crippen molar-refractivity contribution in [1.29, 1.82) is 0 Å². The highest BCUT2D eigenvalue weighted by molar-refractivity contribution is 7.12. The van der Waals surface area contributed by atoms with E-state index in [0.717, 1.165) is 6.42 Å². The first-order chi connectivity index (χ1) is 7.60. The quantitative estimate of drug-likeness (QED) is 0.824. The molecule has 0 saturated heterocycles. The molecule has 1 heterocycles. The van der Waals surface area contributed by atoms with Crippen molar-refractivity contribution in [3.05, 3.63) is 16.3 Å². The molecular formula is C11H15NO3S. The third-order valence-electron chi connectivity index (χ3n) is 2.35. The minimum atomic E-state index is -0.422. The van der Waals surface area contributed by atoms with E-state index in [1.807, 2.05) is 13.8 Å². The lowest BCUT2D eigenvalue weighted by molar-refractivity contribution is -0.119. The Balaban J connectivity index is 2.78. The van der Waals surface area contributed by atoms with Gasteiger partial charge in [0.05, 0.1) is 12.8 Å². The number of esters is 1. The number of nitrogens with one attached hydrogen (secondary N) is 1. The zero-order valence-electron chi connectivity index (χ0n) is 9.57. The summed E-state index contributed by atoms with van der Waals surface area (Å²) in [7, 11) is 1.32. The number of amides is 1. The third-order valence-corrected chi connectivity index (χ3v) is 3.25. The maximum absolute atomic E-state index is 11.6. The molecule has 0 saturated carbocycles. The van der Waals surface area contributed by atoms with Gasteiger partial charge >= 0.3 is 5.97 Å². The molecule has 0 spiro atoms. The minimum absolute atomic E-state index is 0.0644. The predicted molar refractivity (Wildman–Crippen MR) is 63.7 cm³/mol. The van der Waals surface area contributed by atoms with Gasteiger partial charge in [0.15, 0.2) is 0 Å². The number of rotatable bonds is 4. The fourth-order valence-corrected chi connectivity index (χ4v) is 1.87. The largest absolute Gasteiger partial charge is 0.465 e. The molecule has 88 valence electrons. The molecule has 1 amide bonds. The Labute approximate surface area is 98.6 Å². The van der Waals surface area contributed by atoms with Crippen molar-refractivity contribution < 1.29 is 14.3 Å². The molecule has 0 aliphatic heterocycles.